The number of amides is 2. The normalized spacial score (nSPS) is 10.3. The van der Waals surface area contributed by atoms with E-state index in [-0.39, 0.29) is 12.6 Å². The molecule has 6 heteroatoms. The van der Waals surface area contributed by atoms with Crippen molar-refractivity contribution in [2.75, 3.05) is 20.2 Å². The summed E-state index contributed by atoms with van der Waals surface area (Å²) in [6.07, 6.45) is 0. The molecule has 0 aromatic heterocycles. The Bertz CT molecular complexity index is 679. The molecule has 0 saturated carbocycles. The second-order valence-corrected chi connectivity index (χ2v) is 5.70. The molecule has 2 aromatic rings. The van der Waals surface area contributed by atoms with Crippen LogP contribution in [0.25, 0.3) is 0 Å². The Morgan fingerprint density at radius 1 is 1.17 bits per heavy atom. The van der Waals surface area contributed by atoms with E-state index in [0.717, 1.165) is 11.1 Å². The van der Waals surface area contributed by atoms with Gasteiger partial charge in [-0.1, -0.05) is 48.0 Å². The molecule has 0 aliphatic rings. The zero-order valence-corrected chi connectivity index (χ0v) is 14.3. The van der Waals surface area contributed by atoms with Crippen LogP contribution in [0.2, 0.25) is 5.02 Å². The van der Waals surface area contributed by atoms with Crippen molar-refractivity contribution in [1.82, 2.24) is 10.2 Å². The van der Waals surface area contributed by atoms with Crippen LogP contribution < -0.4 is 10.1 Å². The molecule has 0 aliphatic carbocycles. The molecular formula is C18H21ClN2O3. The van der Waals surface area contributed by atoms with Crippen LogP contribution in [0.4, 0.5) is 4.79 Å². The van der Waals surface area contributed by atoms with Gasteiger partial charge in [-0.25, -0.2) is 4.79 Å². The van der Waals surface area contributed by atoms with E-state index < -0.39 is 0 Å². The minimum Gasteiger partial charge on any atom is -0.487 e. The van der Waals surface area contributed by atoms with E-state index in [4.69, 9.17) is 21.4 Å². The lowest BCUT2D eigenvalue weighted by Crippen LogP contribution is -2.38. The molecule has 2 N–H and O–H groups in total. The zero-order chi connectivity index (χ0) is 17.4. The Balaban J connectivity index is 1.97. The van der Waals surface area contributed by atoms with Crippen molar-refractivity contribution in [3.8, 4) is 5.75 Å². The standard InChI is InChI=1S/C18H21ClN2O3/c1-21(10-11-22)18(23)20-12-14-6-2-3-7-15(14)13-24-17-9-5-4-8-16(17)19/h2-9,22H,10-13H2,1H3,(H,20,23). The monoisotopic (exact) mass is 348 g/mol. The molecule has 0 saturated heterocycles. The largest absolute Gasteiger partial charge is 0.487 e. The number of carbonyl (C=O) groups is 1. The third-order valence-corrected chi connectivity index (χ3v) is 3.86. The number of rotatable bonds is 7. The molecule has 2 amide bonds. The average molecular weight is 349 g/mol. The number of hydrogen-bond acceptors (Lipinski definition) is 3. The van der Waals surface area contributed by atoms with E-state index in [9.17, 15) is 4.79 Å². The second-order valence-electron chi connectivity index (χ2n) is 5.29. The first-order valence-corrected chi connectivity index (χ1v) is 8.03. The number of hydrogen-bond donors (Lipinski definition) is 2. The fraction of sp³-hybridized carbons (Fsp3) is 0.278. The number of urea groups is 1. The van der Waals surface area contributed by atoms with Gasteiger partial charge in [0.15, 0.2) is 0 Å². The maximum Gasteiger partial charge on any atom is 0.317 e. The van der Waals surface area contributed by atoms with Crippen LogP contribution in [-0.2, 0) is 13.2 Å². The van der Waals surface area contributed by atoms with Crippen molar-refractivity contribution in [2.45, 2.75) is 13.2 Å². The van der Waals surface area contributed by atoms with Gasteiger partial charge in [-0.05, 0) is 23.3 Å². The van der Waals surface area contributed by atoms with E-state index in [1.54, 1.807) is 13.1 Å². The number of nitrogens with one attached hydrogen (secondary N) is 1. The Morgan fingerprint density at radius 2 is 1.83 bits per heavy atom. The lowest BCUT2D eigenvalue weighted by Gasteiger charge is -2.17. The summed E-state index contributed by atoms with van der Waals surface area (Å²) in [6, 6.07) is 14.8. The molecule has 0 heterocycles. The van der Waals surface area contributed by atoms with Crippen LogP contribution in [0.15, 0.2) is 48.5 Å². The predicted octanol–water partition coefficient (Wildman–Crippen LogP) is 3.05. The van der Waals surface area contributed by atoms with Gasteiger partial charge in [0, 0.05) is 20.1 Å². The van der Waals surface area contributed by atoms with Gasteiger partial charge in [-0.2, -0.15) is 0 Å². The fourth-order valence-corrected chi connectivity index (χ4v) is 2.34. The molecule has 0 bridgehead atoms. The summed E-state index contributed by atoms with van der Waals surface area (Å²) in [4.78, 5) is 13.3. The van der Waals surface area contributed by atoms with E-state index >= 15 is 0 Å². The number of ether oxygens (including phenoxy) is 1. The van der Waals surface area contributed by atoms with Crippen molar-refractivity contribution in [2.24, 2.45) is 0 Å². The number of benzene rings is 2. The van der Waals surface area contributed by atoms with Crippen LogP contribution >= 0.6 is 11.6 Å². The number of carbonyl (C=O) groups excluding carboxylic acids is 1. The summed E-state index contributed by atoms with van der Waals surface area (Å²) in [5.74, 6) is 0.626. The number of likely N-dealkylation sites (N-methyl/N-ethyl adjacent to an activating group) is 1. The fourth-order valence-electron chi connectivity index (χ4n) is 2.15. The number of aliphatic hydroxyl groups is 1. The molecule has 0 atom stereocenters. The molecule has 0 radical (unpaired) electrons. The van der Waals surface area contributed by atoms with Crippen molar-refractivity contribution >= 4 is 17.6 Å². The van der Waals surface area contributed by atoms with E-state index in [1.165, 1.54) is 4.90 Å². The molecule has 128 valence electrons. The molecule has 0 fully saturated rings. The molecule has 0 unspecified atom stereocenters. The Morgan fingerprint density at radius 3 is 2.54 bits per heavy atom. The van der Waals surface area contributed by atoms with E-state index in [2.05, 4.69) is 5.32 Å². The lowest BCUT2D eigenvalue weighted by molar-refractivity contribution is 0.190. The van der Waals surface area contributed by atoms with Crippen LogP contribution in [0.1, 0.15) is 11.1 Å². The van der Waals surface area contributed by atoms with Gasteiger partial charge >= 0.3 is 6.03 Å². The average Bonchev–Trinajstić information content (AvgIpc) is 2.60. The maximum atomic E-state index is 11.9. The highest BCUT2D eigenvalue weighted by Crippen LogP contribution is 2.24. The molecule has 2 rings (SSSR count). The summed E-state index contributed by atoms with van der Waals surface area (Å²) in [5, 5.41) is 12.3. The SMILES string of the molecule is CN(CCO)C(=O)NCc1ccccc1COc1ccccc1Cl. The zero-order valence-electron chi connectivity index (χ0n) is 13.5. The third-order valence-electron chi connectivity index (χ3n) is 3.55. The number of para-hydroxylation sites is 1. The molecule has 0 spiro atoms. The summed E-state index contributed by atoms with van der Waals surface area (Å²) in [6.45, 7) is 0.980. The van der Waals surface area contributed by atoms with Crippen LogP contribution in [0.5, 0.6) is 5.75 Å². The van der Waals surface area contributed by atoms with Gasteiger partial charge < -0.3 is 20.1 Å². The van der Waals surface area contributed by atoms with Gasteiger partial charge in [-0.15, -0.1) is 0 Å². The van der Waals surface area contributed by atoms with Gasteiger partial charge in [0.2, 0.25) is 0 Å². The second kappa shape index (κ2) is 9.15. The first-order chi connectivity index (χ1) is 11.6. The van der Waals surface area contributed by atoms with Crippen LogP contribution in [0, 0.1) is 0 Å². The van der Waals surface area contributed by atoms with Gasteiger partial charge in [0.1, 0.15) is 12.4 Å². The Hall–Kier alpha value is -2.24. The highest BCUT2D eigenvalue weighted by atomic mass is 35.5. The Kier molecular flexibility index (Phi) is 6.90. The summed E-state index contributed by atoms with van der Waals surface area (Å²) in [7, 11) is 1.64. The van der Waals surface area contributed by atoms with Crippen molar-refractivity contribution in [1.29, 1.82) is 0 Å². The van der Waals surface area contributed by atoms with Gasteiger partial charge in [0.05, 0.1) is 11.6 Å². The maximum absolute atomic E-state index is 11.9. The number of halogens is 1. The predicted molar refractivity (Wildman–Crippen MR) is 94.2 cm³/mol. The van der Waals surface area contributed by atoms with Gasteiger partial charge in [-0.3, -0.25) is 0 Å². The van der Waals surface area contributed by atoms with Crippen molar-refractivity contribution in [3.63, 3.8) is 0 Å². The summed E-state index contributed by atoms with van der Waals surface area (Å²) < 4.78 is 5.77. The van der Waals surface area contributed by atoms with Crippen LogP contribution in [0.3, 0.4) is 0 Å². The topological polar surface area (TPSA) is 61.8 Å². The third kappa shape index (κ3) is 5.15. The summed E-state index contributed by atoms with van der Waals surface area (Å²) in [5.41, 5.74) is 1.94. The van der Waals surface area contributed by atoms with Crippen LogP contribution in [-0.4, -0.2) is 36.2 Å². The smallest absolute Gasteiger partial charge is 0.317 e. The quantitative estimate of drug-likeness (QED) is 0.808. The Labute approximate surface area is 146 Å². The first-order valence-electron chi connectivity index (χ1n) is 7.65. The molecule has 0 aliphatic heterocycles. The molecule has 2 aromatic carbocycles. The number of aliphatic hydroxyl groups excluding tert-OH is 1. The highest BCUT2D eigenvalue weighted by Gasteiger charge is 2.09. The summed E-state index contributed by atoms with van der Waals surface area (Å²) >= 11 is 6.09. The lowest BCUT2D eigenvalue weighted by atomic mass is 10.1. The van der Waals surface area contributed by atoms with Gasteiger partial charge in [0.25, 0.3) is 0 Å². The van der Waals surface area contributed by atoms with Crippen molar-refractivity contribution in [3.05, 3.63) is 64.7 Å². The molecular weight excluding hydrogens is 328 g/mol. The number of nitrogens with zero attached hydrogens (tertiary/aromatic N) is 1. The van der Waals surface area contributed by atoms with Crippen molar-refractivity contribution < 1.29 is 14.6 Å². The first kappa shape index (κ1) is 18.1. The minimum absolute atomic E-state index is 0.0633. The molecule has 24 heavy (non-hydrogen) atoms. The highest BCUT2D eigenvalue weighted by molar-refractivity contribution is 6.32. The molecule has 5 nitrogen and oxygen atoms in total. The minimum atomic E-state index is -0.231. The van der Waals surface area contributed by atoms with E-state index in [0.29, 0.717) is 30.5 Å². The van der Waals surface area contributed by atoms with E-state index in [1.807, 2.05) is 42.5 Å².